The molecule has 0 spiro atoms. The van der Waals surface area contributed by atoms with Crippen LogP contribution in [0.15, 0.2) is 12.1 Å². The standard InChI is InChI=1S/C13H16N2O2/c1-16-11-6-9(7-13(15)3-4-13)5-10(8-14)12(11)17-2/h5-6H,3-4,7,15H2,1-2H3. The van der Waals surface area contributed by atoms with Crippen LogP contribution in [0.3, 0.4) is 0 Å². The molecule has 1 aliphatic carbocycles. The molecule has 4 nitrogen and oxygen atoms in total. The lowest BCUT2D eigenvalue weighted by Crippen LogP contribution is -2.24. The van der Waals surface area contributed by atoms with Crippen LogP contribution < -0.4 is 15.2 Å². The zero-order valence-corrected chi connectivity index (χ0v) is 10.1. The molecule has 0 atom stereocenters. The van der Waals surface area contributed by atoms with E-state index in [1.54, 1.807) is 7.11 Å². The quantitative estimate of drug-likeness (QED) is 0.856. The second kappa shape index (κ2) is 4.27. The SMILES string of the molecule is COc1cc(CC2(N)CC2)cc(C#N)c1OC. The molecule has 1 saturated carbocycles. The van der Waals surface area contributed by atoms with Crippen molar-refractivity contribution in [2.24, 2.45) is 5.73 Å². The van der Waals surface area contributed by atoms with Crippen molar-refractivity contribution in [3.05, 3.63) is 23.3 Å². The minimum Gasteiger partial charge on any atom is -0.493 e. The number of benzene rings is 1. The van der Waals surface area contributed by atoms with Crippen LogP contribution in [0.5, 0.6) is 11.5 Å². The maximum atomic E-state index is 9.09. The van der Waals surface area contributed by atoms with Crippen LogP contribution in [0.2, 0.25) is 0 Å². The fourth-order valence-corrected chi connectivity index (χ4v) is 1.95. The van der Waals surface area contributed by atoms with Gasteiger partial charge in [-0.25, -0.2) is 0 Å². The molecule has 1 fully saturated rings. The number of methoxy groups -OCH3 is 2. The van der Waals surface area contributed by atoms with Gasteiger partial charge < -0.3 is 15.2 Å². The summed E-state index contributed by atoms with van der Waals surface area (Å²) in [7, 11) is 3.10. The highest BCUT2D eigenvalue weighted by Gasteiger charge is 2.38. The Labute approximate surface area is 101 Å². The average molecular weight is 232 g/mol. The number of nitrogens with two attached hydrogens (primary N) is 1. The van der Waals surface area contributed by atoms with Gasteiger partial charge in [-0.1, -0.05) is 0 Å². The summed E-state index contributed by atoms with van der Waals surface area (Å²) < 4.78 is 10.4. The number of hydrogen-bond acceptors (Lipinski definition) is 4. The van der Waals surface area contributed by atoms with Gasteiger partial charge >= 0.3 is 0 Å². The molecule has 2 N–H and O–H groups in total. The molecule has 0 heterocycles. The molecule has 4 heteroatoms. The molecule has 1 aliphatic rings. The molecule has 0 bridgehead atoms. The van der Waals surface area contributed by atoms with Gasteiger partial charge in [-0.15, -0.1) is 0 Å². The number of ether oxygens (including phenoxy) is 2. The largest absolute Gasteiger partial charge is 0.493 e. The van der Waals surface area contributed by atoms with Gasteiger partial charge in [-0.05, 0) is 37.0 Å². The monoisotopic (exact) mass is 232 g/mol. The summed E-state index contributed by atoms with van der Waals surface area (Å²) in [6, 6.07) is 5.85. The zero-order chi connectivity index (χ0) is 12.5. The van der Waals surface area contributed by atoms with Crippen LogP contribution in [0.1, 0.15) is 24.0 Å². The number of nitrogens with zero attached hydrogens (tertiary/aromatic N) is 1. The van der Waals surface area contributed by atoms with Crippen LogP contribution in [-0.2, 0) is 6.42 Å². The summed E-state index contributed by atoms with van der Waals surface area (Å²) in [5, 5.41) is 9.09. The van der Waals surface area contributed by atoms with Crippen LogP contribution in [0.25, 0.3) is 0 Å². The summed E-state index contributed by atoms with van der Waals surface area (Å²) in [5.74, 6) is 1.08. The highest BCUT2D eigenvalue weighted by molar-refractivity contribution is 5.55. The summed E-state index contributed by atoms with van der Waals surface area (Å²) in [6.07, 6.45) is 2.87. The Balaban J connectivity index is 2.38. The average Bonchev–Trinajstić information content (AvgIpc) is 3.05. The Morgan fingerprint density at radius 1 is 1.35 bits per heavy atom. The van der Waals surface area contributed by atoms with E-state index in [2.05, 4.69) is 6.07 Å². The maximum absolute atomic E-state index is 9.09. The Morgan fingerprint density at radius 2 is 2.06 bits per heavy atom. The van der Waals surface area contributed by atoms with E-state index < -0.39 is 0 Å². The molecule has 1 aromatic rings. The van der Waals surface area contributed by atoms with Crippen LogP contribution in [-0.4, -0.2) is 19.8 Å². The van der Waals surface area contributed by atoms with Crippen molar-refractivity contribution in [2.75, 3.05) is 14.2 Å². The molecule has 0 aliphatic heterocycles. The summed E-state index contributed by atoms with van der Waals surface area (Å²) >= 11 is 0. The third kappa shape index (κ3) is 2.34. The van der Waals surface area contributed by atoms with Crippen molar-refractivity contribution in [3.63, 3.8) is 0 Å². The summed E-state index contributed by atoms with van der Waals surface area (Å²) in [6.45, 7) is 0. The number of rotatable bonds is 4. The van der Waals surface area contributed by atoms with E-state index in [0.717, 1.165) is 24.8 Å². The number of nitriles is 1. The second-order valence-corrected chi connectivity index (χ2v) is 4.53. The topological polar surface area (TPSA) is 68.3 Å². The van der Waals surface area contributed by atoms with E-state index in [9.17, 15) is 0 Å². The van der Waals surface area contributed by atoms with Gasteiger partial charge in [0.15, 0.2) is 11.5 Å². The predicted molar refractivity (Wildman–Crippen MR) is 64.1 cm³/mol. The van der Waals surface area contributed by atoms with Gasteiger partial charge in [0.05, 0.1) is 19.8 Å². The van der Waals surface area contributed by atoms with Gasteiger partial charge in [0.1, 0.15) is 6.07 Å². The molecule has 0 radical (unpaired) electrons. The van der Waals surface area contributed by atoms with Crippen molar-refractivity contribution in [1.82, 2.24) is 0 Å². The molecule has 0 aromatic heterocycles. The Kier molecular flexibility index (Phi) is 2.95. The van der Waals surface area contributed by atoms with E-state index in [1.165, 1.54) is 7.11 Å². The van der Waals surface area contributed by atoms with E-state index in [-0.39, 0.29) is 5.54 Å². The van der Waals surface area contributed by atoms with Crippen LogP contribution in [0.4, 0.5) is 0 Å². The van der Waals surface area contributed by atoms with Gasteiger partial charge in [0, 0.05) is 5.54 Å². The summed E-state index contributed by atoms with van der Waals surface area (Å²) in [4.78, 5) is 0. The Morgan fingerprint density at radius 3 is 2.53 bits per heavy atom. The molecule has 0 unspecified atom stereocenters. The zero-order valence-electron chi connectivity index (χ0n) is 10.1. The smallest absolute Gasteiger partial charge is 0.178 e. The molecule has 2 rings (SSSR count). The normalized spacial score (nSPS) is 16.1. The lowest BCUT2D eigenvalue weighted by Gasteiger charge is -2.13. The van der Waals surface area contributed by atoms with Crippen molar-refractivity contribution in [1.29, 1.82) is 5.26 Å². The van der Waals surface area contributed by atoms with E-state index in [1.807, 2.05) is 12.1 Å². The van der Waals surface area contributed by atoms with E-state index in [4.69, 9.17) is 20.5 Å². The van der Waals surface area contributed by atoms with Gasteiger partial charge in [0.25, 0.3) is 0 Å². The lowest BCUT2D eigenvalue weighted by molar-refractivity contribution is 0.353. The molecule has 0 amide bonds. The Hall–Kier alpha value is -1.73. The Bertz CT molecular complexity index is 473. The minimum atomic E-state index is -0.0771. The van der Waals surface area contributed by atoms with Crippen LogP contribution >= 0.6 is 0 Å². The molecule has 1 aromatic carbocycles. The first-order valence-corrected chi connectivity index (χ1v) is 5.56. The van der Waals surface area contributed by atoms with Crippen molar-refractivity contribution in [3.8, 4) is 17.6 Å². The van der Waals surface area contributed by atoms with Gasteiger partial charge in [0.2, 0.25) is 0 Å². The molecule has 90 valence electrons. The predicted octanol–water partition coefficient (Wildman–Crippen LogP) is 1.61. The lowest BCUT2D eigenvalue weighted by atomic mass is 10.0. The fourth-order valence-electron chi connectivity index (χ4n) is 1.95. The number of hydrogen-bond donors (Lipinski definition) is 1. The molecular weight excluding hydrogens is 216 g/mol. The fraction of sp³-hybridized carbons (Fsp3) is 0.462. The molecule has 17 heavy (non-hydrogen) atoms. The third-order valence-corrected chi connectivity index (χ3v) is 3.11. The summed E-state index contributed by atoms with van der Waals surface area (Å²) in [5.41, 5.74) is 7.52. The highest BCUT2D eigenvalue weighted by Crippen LogP contribution is 2.38. The maximum Gasteiger partial charge on any atom is 0.178 e. The van der Waals surface area contributed by atoms with Crippen LogP contribution in [0, 0.1) is 11.3 Å². The first-order valence-electron chi connectivity index (χ1n) is 5.56. The van der Waals surface area contributed by atoms with E-state index >= 15 is 0 Å². The van der Waals surface area contributed by atoms with Crippen molar-refractivity contribution >= 4 is 0 Å². The van der Waals surface area contributed by atoms with E-state index in [0.29, 0.717) is 17.1 Å². The first-order chi connectivity index (χ1) is 8.11. The van der Waals surface area contributed by atoms with Gasteiger partial charge in [-0.2, -0.15) is 5.26 Å². The molecular formula is C13H16N2O2. The minimum absolute atomic E-state index is 0.0771. The first kappa shape index (κ1) is 11.7. The molecule has 0 saturated heterocycles. The van der Waals surface area contributed by atoms with Crippen molar-refractivity contribution < 1.29 is 9.47 Å². The second-order valence-electron chi connectivity index (χ2n) is 4.53. The van der Waals surface area contributed by atoms with Gasteiger partial charge in [-0.3, -0.25) is 0 Å². The highest BCUT2D eigenvalue weighted by atomic mass is 16.5. The van der Waals surface area contributed by atoms with Crippen molar-refractivity contribution in [2.45, 2.75) is 24.8 Å². The third-order valence-electron chi connectivity index (χ3n) is 3.11.